The number of carbonyl (C=O) groups excluding carboxylic acids is 1. The average molecular weight is 437 g/mol. The molecule has 0 unspecified atom stereocenters. The molecule has 0 atom stereocenters. The second-order valence-electron chi connectivity index (χ2n) is 8.07. The summed E-state index contributed by atoms with van der Waals surface area (Å²) >= 11 is 0. The van der Waals surface area contributed by atoms with Gasteiger partial charge in [0, 0.05) is 17.2 Å². The molecule has 1 aliphatic heterocycles. The van der Waals surface area contributed by atoms with Crippen LogP contribution in [0.2, 0.25) is 0 Å². The molecule has 1 fully saturated rings. The van der Waals surface area contributed by atoms with Crippen LogP contribution in [0.5, 0.6) is 0 Å². The number of anilines is 1. The molecule has 0 aromatic heterocycles. The van der Waals surface area contributed by atoms with Crippen LogP contribution in [-0.2, 0) is 14.8 Å². The second kappa shape index (κ2) is 9.10. The van der Waals surface area contributed by atoms with E-state index in [0.29, 0.717) is 16.8 Å². The maximum atomic E-state index is 13.8. The highest BCUT2D eigenvalue weighted by Crippen LogP contribution is 2.42. The van der Waals surface area contributed by atoms with E-state index >= 15 is 0 Å². The number of rotatable bonds is 5. The van der Waals surface area contributed by atoms with E-state index in [1.54, 1.807) is 12.1 Å². The number of sulfonamides is 1. The molecular weight excluding hydrogens is 408 g/mol. The molecule has 2 aliphatic rings. The molecule has 2 aromatic carbocycles. The first-order chi connectivity index (χ1) is 15.0. The summed E-state index contributed by atoms with van der Waals surface area (Å²) in [5.74, 6) is -0.519. The number of hydrogen-bond acceptors (Lipinski definition) is 3. The van der Waals surface area contributed by atoms with E-state index in [-0.39, 0.29) is 17.5 Å². The highest BCUT2D eigenvalue weighted by atomic mass is 32.2. The van der Waals surface area contributed by atoms with Gasteiger partial charge in [-0.3, -0.25) is 9.10 Å². The van der Waals surface area contributed by atoms with Gasteiger partial charge in [0.15, 0.2) is 4.91 Å². The number of benzene rings is 2. The summed E-state index contributed by atoms with van der Waals surface area (Å²) in [5.41, 5.74) is 2.47. The quantitative estimate of drug-likeness (QED) is 0.549. The summed E-state index contributed by atoms with van der Waals surface area (Å²) in [5, 5.41) is 3.05. The standard InChI is InChI=1S/C25H28N2O3S/c1-2-18-27-22-17-11-10-16-21(22)23(19-12-6-5-7-13-19)24(31(27,29)30)25(28)26-20-14-8-3-4-9-15-20/h2,5-7,10-13,16-17,20H,1,3-4,8-9,14-15,18H2,(H,26,28). The number of para-hydroxylation sites is 1. The molecule has 4 rings (SSSR count). The molecule has 1 aliphatic carbocycles. The summed E-state index contributed by atoms with van der Waals surface area (Å²) in [6, 6.07) is 16.6. The number of nitrogens with one attached hydrogen (secondary N) is 1. The van der Waals surface area contributed by atoms with Crippen molar-refractivity contribution in [2.24, 2.45) is 0 Å². The number of carbonyl (C=O) groups is 1. The Morgan fingerprint density at radius 3 is 2.32 bits per heavy atom. The Labute approximate surface area is 184 Å². The molecule has 1 saturated carbocycles. The van der Waals surface area contributed by atoms with Crippen LogP contribution in [0.1, 0.15) is 49.7 Å². The van der Waals surface area contributed by atoms with Gasteiger partial charge in [-0.05, 0) is 24.5 Å². The summed E-state index contributed by atoms with van der Waals surface area (Å²) in [4.78, 5) is 13.4. The molecular formula is C25H28N2O3S. The molecule has 0 radical (unpaired) electrons. The van der Waals surface area contributed by atoms with E-state index < -0.39 is 15.9 Å². The minimum absolute atomic E-state index is 0.000233. The Balaban J connectivity index is 1.90. The predicted molar refractivity (Wildman–Crippen MR) is 125 cm³/mol. The molecule has 6 heteroatoms. The molecule has 162 valence electrons. The van der Waals surface area contributed by atoms with Crippen molar-refractivity contribution in [3.63, 3.8) is 0 Å². The van der Waals surface area contributed by atoms with Crippen LogP contribution >= 0.6 is 0 Å². The van der Waals surface area contributed by atoms with E-state index in [4.69, 9.17) is 0 Å². The summed E-state index contributed by atoms with van der Waals surface area (Å²) in [6.45, 7) is 3.82. The van der Waals surface area contributed by atoms with Gasteiger partial charge in [0.25, 0.3) is 15.9 Å². The lowest BCUT2D eigenvalue weighted by atomic mass is 9.95. The lowest BCUT2D eigenvalue weighted by molar-refractivity contribution is -0.117. The Bertz CT molecular complexity index is 1100. The third-order valence-electron chi connectivity index (χ3n) is 5.97. The van der Waals surface area contributed by atoms with Crippen LogP contribution < -0.4 is 9.62 Å². The molecule has 1 N–H and O–H groups in total. The fraction of sp³-hybridized carbons (Fsp3) is 0.320. The van der Waals surface area contributed by atoms with Gasteiger partial charge in [-0.2, -0.15) is 0 Å². The highest BCUT2D eigenvalue weighted by molar-refractivity contribution is 7.97. The molecule has 0 saturated heterocycles. The maximum absolute atomic E-state index is 13.8. The van der Waals surface area contributed by atoms with Crippen LogP contribution in [0.25, 0.3) is 5.57 Å². The van der Waals surface area contributed by atoms with Crippen molar-refractivity contribution in [2.45, 2.75) is 44.6 Å². The fourth-order valence-electron chi connectivity index (χ4n) is 4.50. The van der Waals surface area contributed by atoms with Crippen molar-refractivity contribution in [1.29, 1.82) is 0 Å². The monoisotopic (exact) mass is 436 g/mol. The zero-order valence-electron chi connectivity index (χ0n) is 17.6. The van der Waals surface area contributed by atoms with Crippen molar-refractivity contribution in [3.8, 4) is 0 Å². The second-order valence-corrected chi connectivity index (χ2v) is 9.87. The molecule has 1 heterocycles. The van der Waals surface area contributed by atoms with Crippen molar-refractivity contribution >= 4 is 27.2 Å². The zero-order chi connectivity index (χ0) is 21.8. The average Bonchev–Trinajstić information content (AvgIpc) is 3.04. The number of hydrogen-bond donors (Lipinski definition) is 1. The van der Waals surface area contributed by atoms with Gasteiger partial charge in [0.05, 0.1) is 12.2 Å². The predicted octanol–water partition coefficient (Wildman–Crippen LogP) is 4.62. The Morgan fingerprint density at radius 2 is 1.65 bits per heavy atom. The summed E-state index contributed by atoms with van der Waals surface area (Å²) < 4.78 is 28.8. The number of fused-ring (bicyclic) bond motifs is 1. The lowest BCUT2D eigenvalue weighted by Crippen LogP contribution is -2.44. The van der Waals surface area contributed by atoms with Crippen LogP contribution in [0, 0.1) is 0 Å². The van der Waals surface area contributed by atoms with Crippen molar-refractivity contribution in [2.75, 3.05) is 10.8 Å². The largest absolute Gasteiger partial charge is 0.349 e. The van der Waals surface area contributed by atoms with E-state index in [1.165, 1.54) is 4.31 Å². The lowest BCUT2D eigenvalue weighted by Gasteiger charge is -2.33. The van der Waals surface area contributed by atoms with Crippen molar-refractivity contribution < 1.29 is 13.2 Å². The first kappa shape index (κ1) is 21.4. The van der Waals surface area contributed by atoms with Gasteiger partial charge < -0.3 is 5.32 Å². The number of amides is 1. The Kier molecular flexibility index (Phi) is 6.28. The fourth-order valence-corrected chi connectivity index (χ4v) is 6.22. The number of nitrogens with zero attached hydrogens (tertiary/aromatic N) is 1. The van der Waals surface area contributed by atoms with Crippen LogP contribution in [0.4, 0.5) is 5.69 Å². The topological polar surface area (TPSA) is 66.5 Å². The van der Waals surface area contributed by atoms with E-state index in [9.17, 15) is 13.2 Å². The Morgan fingerprint density at radius 1 is 1.00 bits per heavy atom. The first-order valence-corrected chi connectivity index (χ1v) is 12.3. The zero-order valence-corrected chi connectivity index (χ0v) is 18.4. The minimum Gasteiger partial charge on any atom is -0.349 e. The highest BCUT2D eigenvalue weighted by Gasteiger charge is 2.41. The van der Waals surface area contributed by atoms with Gasteiger partial charge in [-0.1, -0.05) is 80.3 Å². The van der Waals surface area contributed by atoms with Crippen LogP contribution in [-0.4, -0.2) is 26.9 Å². The van der Waals surface area contributed by atoms with E-state index in [0.717, 1.165) is 44.1 Å². The molecule has 1 amide bonds. The van der Waals surface area contributed by atoms with Gasteiger partial charge in [-0.25, -0.2) is 8.42 Å². The van der Waals surface area contributed by atoms with Crippen LogP contribution in [0.3, 0.4) is 0 Å². The van der Waals surface area contributed by atoms with Gasteiger partial charge >= 0.3 is 0 Å². The summed E-state index contributed by atoms with van der Waals surface area (Å²) in [7, 11) is -4.07. The van der Waals surface area contributed by atoms with Gasteiger partial charge in [0.2, 0.25) is 0 Å². The maximum Gasteiger partial charge on any atom is 0.270 e. The molecule has 0 bridgehead atoms. The minimum atomic E-state index is -4.07. The first-order valence-electron chi connectivity index (χ1n) is 10.9. The van der Waals surface area contributed by atoms with E-state index in [1.807, 2.05) is 48.5 Å². The van der Waals surface area contributed by atoms with Gasteiger partial charge in [-0.15, -0.1) is 6.58 Å². The molecule has 5 nitrogen and oxygen atoms in total. The molecule has 0 spiro atoms. The molecule has 2 aromatic rings. The van der Waals surface area contributed by atoms with Gasteiger partial charge in [0.1, 0.15) is 0 Å². The van der Waals surface area contributed by atoms with Crippen LogP contribution in [0.15, 0.2) is 72.2 Å². The third kappa shape index (κ3) is 4.17. The van der Waals surface area contributed by atoms with E-state index in [2.05, 4.69) is 11.9 Å². The Hall–Kier alpha value is -2.86. The van der Waals surface area contributed by atoms with Crippen molar-refractivity contribution in [3.05, 3.63) is 83.3 Å². The summed E-state index contributed by atoms with van der Waals surface area (Å²) in [6.07, 6.45) is 7.72. The SMILES string of the molecule is C=CCN1c2ccccc2C(c2ccccc2)=C(C(=O)NC2CCCCCC2)S1(=O)=O. The third-order valence-corrected chi connectivity index (χ3v) is 7.80. The molecule has 31 heavy (non-hydrogen) atoms. The normalized spacial score (nSPS) is 18.8. The van der Waals surface area contributed by atoms with Crippen molar-refractivity contribution in [1.82, 2.24) is 5.32 Å². The smallest absolute Gasteiger partial charge is 0.270 e.